The van der Waals surface area contributed by atoms with Crippen molar-refractivity contribution in [2.75, 3.05) is 31.6 Å². The zero-order valence-corrected chi connectivity index (χ0v) is 12.9. The predicted molar refractivity (Wildman–Crippen MR) is 83.0 cm³/mol. The molecule has 1 aliphatic rings. The summed E-state index contributed by atoms with van der Waals surface area (Å²) in [6, 6.07) is 5.12. The monoisotopic (exact) mass is 312 g/mol. The molecule has 0 aliphatic carbocycles. The van der Waals surface area contributed by atoms with Crippen molar-refractivity contribution in [1.29, 1.82) is 0 Å². The Morgan fingerprint density at radius 2 is 2.19 bits per heavy atom. The van der Waals surface area contributed by atoms with Crippen LogP contribution < -0.4 is 10.1 Å². The molecule has 0 saturated carbocycles. The lowest BCUT2D eigenvalue weighted by Crippen LogP contribution is -2.41. The first-order valence-electron chi connectivity index (χ1n) is 7.23. The lowest BCUT2D eigenvalue weighted by atomic mass is 9.98. The summed E-state index contributed by atoms with van der Waals surface area (Å²) >= 11 is 6.10. The molecule has 5 nitrogen and oxygen atoms in total. The minimum atomic E-state index is -0.158. The van der Waals surface area contributed by atoms with Crippen molar-refractivity contribution >= 4 is 23.3 Å². The minimum absolute atomic E-state index is 0.158. The normalized spacial score (nSPS) is 15.9. The Morgan fingerprint density at radius 1 is 1.48 bits per heavy atom. The van der Waals surface area contributed by atoms with Crippen LogP contribution in [0.15, 0.2) is 18.2 Å². The number of carbonyl (C=O) groups is 1. The van der Waals surface area contributed by atoms with Gasteiger partial charge in [-0.15, -0.1) is 0 Å². The Hall–Kier alpha value is -1.46. The molecule has 116 valence electrons. The van der Waals surface area contributed by atoms with Gasteiger partial charge in [-0.25, -0.2) is 4.79 Å². The summed E-state index contributed by atoms with van der Waals surface area (Å²) in [7, 11) is 0. The van der Waals surface area contributed by atoms with Crippen LogP contribution in [0.5, 0.6) is 5.75 Å². The van der Waals surface area contributed by atoms with Crippen molar-refractivity contribution in [3.8, 4) is 5.75 Å². The van der Waals surface area contributed by atoms with E-state index in [2.05, 4.69) is 5.32 Å². The van der Waals surface area contributed by atoms with E-state index in [1.807, 2.05) is 6.92 Å². The number of nitrogens with one attached hydrogen (secondary N) is 1. The fourth-order valence-electron chi connectivity index (χ4n) is 2.41. The van der Waals surface area contributed by atoms with Crippen LogP contribution in [-0.2, 0) is 0 Å². The van der Waals surface area contributed by atoms with Crippen molar-refractivity contribution in [2.45, 2.75) is 19.8 Å². The highest BCUT2D eigenvalue weighted by molar-refractivity contribution is 6.32. The summed E-state index contributed by atoms with van der Waals surface area (Å²) < 4.78 is 5.49. The molecule has 0 atom stereocenters. The Balaban J connectivity index is 2.01. The highest BCUT2D eigenvalue weighted by Crippen LogP contribution is 2.33. The Bertz CT molecular complexity index is 488. The number of piperidine rings is 1. The van der Waals surface area contributed by atoms with Crippen LogP contribution in [0.1, 0.15) is 19.8 Å². The molecule has 0 aromatic heterocycles. The largest absolute Gasteiger partial charge is 0.490 e. The van der Waals surface area contributed by atoms with E-state index in [0.717, 1.165) is 12.8 Å². The summed E-state index contributed by atoms with van der Waals surface area (Å²) in [6.07, 6.45) is 1.66. The maximum absolute atomic E-state index is 12.3. The number of amides is 2. The standard InChI is InChI=1S/C15H21ClN2O3/c1-2-21-14-12(16)4-3-5-13(14)17-15(20)18-8-6-11(10-19)7-9-18/h3-5,11,19H,2,6-10H2,1H3,(H,17,20). The van der Waals surface area contributed by atoms with E-state index in [4.69, 9.17) is 21.4 Å². The lowest BCUT2D eigenvalue weighted by molar-refractivity contribution is 0.143. The average molecular weight is 313 g/mol. The number of rotatable bonds is 4. The molecule has 0 radical (unpaired) electrons. The van der Waals surface area contributed by atoms with Gasteiger partial charge in [0, 0.05) is 19.7 Å². The van der Waals surface area contributed by atoms with Gasteiger partial charge in [-0.05, 0) is 37.8 Å². The SMILES string of the molecule is CCOc1c(Cl)cccc1NC(=O)N1CCC(CO)CC1. The van der Waals surface area contributed by atoms with Gasteiger partial charge in [-0.2, -0.15) is 0 Å². The molecule has 2 rings (SSSR count). The molecule has 2 amide bonds. The van der Waals surface area contributed by atoms with Crippen LogP contribution in [0, 0.1) is 5.92 Å². The zero-order valence-electron chi connectivity index (χ0n) is 12.1. The smallest absolute Gasteiger partial charge is 0.321 e. The molecule has 1 fully saturated rings. The third kappa shape index (κ3) is 4.02. The highest BCUT2D eigenvalue weighted by atomic mass is 35.5. The van der Waals surface area contributed by atoms with E-state index in [1.54, 1.807) is 23.1 Å². The van der Waals surface area contributed by atoms with Gasteiger partial charge in [-0.3, -0.25) is 0 Å². The number of urea groups is 1. The molecular weight excluding hydrogens is 292 g/mol. The zero-order chi connectivity index (χ0) is 15.2. The second-order valence-corrected chi connectivity index (χ2v) is 5.50. The van der Waals surface area contributed by atoms with Crippen molar-refractivity contribution in [3.63, 3.8) is 0 Å². The van der Waals surface area contributed by atoms with Crippen LogP contribution in [0.2, 0.25) is 5.02 Å². The summed E-state index contributed by atoms with van der Waals surface area (Å²) in [4.78, 5) is 14.0. The molecule has 1 aliphatic heterocycles. The maximum Gasteiger partial charge on any atom is 0.321 e. The second kappa shape index (κ2) is 7.52. The van der Waals surface area contributed by atoms with Crippen molar-refractivity contribution < 1.29 is 14.6 Å². The van der Waals surface area contributed by atoms with Gasteiger partial charge < -0.3 is 20.1 Å². The molecule has 1 aromatic rings. The number of aliphatic hydroxyl groups is 1. The fourth-order valence-corrected chi connectivity index (χ4v) is 2.64. The van der Waals surface area contributed by atoms with E-state index < -0.39 is 0 Å². The number of hydrogen-bond donors (Lipinski definition) is 2. The number of anilines is 1. The highest BCUT2D eigenvalue weighted by Gasteiger charge is 2.23. The number of benzene rings is 1. The third-order valence-corrected chi connectivity index (χ3v) is 3.95. The Morgan fingerprint density at radius 3 is 2.81 bits per heavy atom. The van der Waals surface area contributed by atoms with Gasteiger partial charge in [0.05, 0.1) is 17.3 Å². The lowest BCUT2D eigenvalue weighted by Gasteiger charge is -2.31. The number of halogens is 1. The van der Waals surface area contributed by atoms with Crippen molar-refractivity contribution in [3.05, 3.63) is 23.2 Å². The van der Waals surface area contributed by atoms with E-state index in [-0.39, 0.29) is 12.6 Å². The van der Waals surface area contributed by atoms with Gasteiger partial charge >= 0.3 is 6.03 Å². The van der Waals surface area contributed by atoms with Crippen LogP contribution in [0.3, 0.4) is 0 Å². The summed E-state index contributed by atoms with van der Waals surface area (Å²) in [5.41, 5.74) is 0.582. The topological polar surface area (TPSA) is 61.8 Å². The number of ether oxygens (including phenoxy) is 1. The molecule has 1 saturated heterocycles. The fraction of sp³-hybridized carbons (Fsp3) is 0.533. The average Bonchev–Trinajstić information content (AvgIpc) is 2.51. The first kappa shape index (κ1) is 15.9. The molecular formula is C15H21ClN2O3. The van der Waals surface area contributed by atoms with Crippen LogP contribution in [0.4, 0.5) is 10.5 Å². The van der Waals surface area contributed by atoms with Gasteiger partial charge in [-0.1, -0.05) is 17.7 Å². The van der Waals surface area contributed by atoms with E-state index in [0.29, 0.717) is 42.1 Å². The Labute approximate surface area is 129 Å². The Kier molecular flexibility index (Phi) is 5.70. The molecule has 1 aromatic carbocycles. The maximum atomic E-state index is 12.3. The quantitative estimate of drug-likeness (QED) is 0.898. The van der Waals surface area contributed by atoms with E-state index >= 15 is 0 Å². The van der Waals surface area contributed by atoms with E-state index in [1.165, 1.54) is 0 Å². The molecule has 1 heterocycles. The molecule has 2 N–H and O–H groups in total. The van der Waals surface area contributed by atoms with Crippen molar-refractivity contribution in [1.82, 2.24) is 4.90 Å². The van der Waals surface area contributed by atoms with Crippen LogP contribution in [-0.4, -0.2) is 42.3 Å². The van der Waals surface area contributed by atoms with Gasteiger partial charge in [0.15, 0.2) is 5.75 Å². The third-order valence-electron chi connectivity index (χ3n) is 3.66. The van der Waals surface area contributed by atoms with E-state index in [9.17, 15) is 4.79 Å². The minimum Gasteiger partial charge on any atom is -0.490 e. The molecule has 0 spiro atoms. The number of likely N-dealkylation sites (tertiary alicyclic amines) is 1. The molecule has 0 bridgehead atoms. The predicted octanol–water partition coefficient (Wildman–Crippen LogP) is 2.97. The van der Waals surface area contributed by atoms with Gasteiger partial charge in [0.2, 0.25) is 0 Å². The van der Waals surface area contributed by atoms with Crippen LogP contribution >= 0.6 is 11.6 Å². The van der Waals surface area contributed by atoms with Crippen LogP contribution in [0.25, 0.3) is 0 Å². The molecule has 21 heavy (non-hydrogen) atoms. The summed E-state index contributed by atoms with van der Waals surface area (Å²) in [6.45, 7) is 3.85. The first-order valence-corrected chi connectivity index (χ1v) is 7.61. The number of para-hydroxylation sites is 1. The number of carbonyl (C=O) groups excluding carboxylic acids is 1. The molecule has 0 unspecified atom stereocenters. The number of aliphatic hydroxyl groups excluding tert-OH is 1. The second-order valence-electron chi connectivity index (χ2n) is 5.09. The summed E-state index contributed by atoms with van der Waals surface area (Å²) in [5, 5.41) is 12.5. The van der Waals surface area contributed by atoms with Gasteiger partial charge in [0.25, 0.3) is 0 Å². The molecule has 6 heteroatoms. The first-order chi connectivity index (χ1) is 10.2. The van der Waals surface area contributed by atoms with Crippen molar-refractivity contribution in [2.24, 2.45) is 5.92 Å². The number of hydrogen-bond acceptors (Lipinski definition) is 3. The summed E-state index contributed by atoms with van der Waals surface area (Å²) in [5.74, 6) is 0.805. The van der Waals surface area contributed by atoms with Gasteiger partial charge in [0.1, 0.15) is 0 Å². The number of nitrogens with zero attached hydrogens (tertiary/aromatic N) is 1.